The summed E-state index contributed by atoms with van der Waals surface area (Å²) in [5, 5.41) is 0. The molecule has 1 aromatic carbocycles. The monoisotopic (exact) mass is 225 g/mol. The fraction of sp³-hybridized carbons (Fsp3) is 0.200. The number of rotatable bonds is 0. The van der Waals surface area contributed by atoms with Gasteiger partial charge in [0.05, 0.1) is 0 Å². The van der Waals surface area contributed by atoms with E-state index in [0.717, 1.165) is 9.87 Å². The van der Waals surface area contributed by atoms with Crippen molar-refractivity contribution in [3.8, 4) is 5.75 Å². The fourth-order valence-electron chi connectivity index (χ4n) is 1.37. The molecule has 0 aromatic heterocycles. The second-order valence-corrected chi connectivity index (χ2v) is 5.36. The summed E-state index contributed by atoms with van der Waals surface area (Å²) >= 11 is 0. The van der Waals surface area contributed by atoms with E-state index >= 15 is 0 Å². The van der Waals surface area contributed by atoms with Crippen LogP contribution < -0.4 is 4.74 Å². The minimum atomic E-state index is -3.48. The summed E-state index contributed by atoms with van der Waals surface area (Å²) in [6.07, 6.45) is 0. The summed E-state index contributed by atoms with van der Waals surface area (Å²) in [6.45, 7) is 5.37. The Bertz CT molecular complexity index is 534. The Hall–Kier alpha value is -1.49. The number of fused-ring (bicyclic) bond motifs is 1. The number of nitrogens with zero attached hydrogens (tertiary/aromatic N) is 1. The van der Waals surface area contributed by atoms with E-state index in [4.69, 9.17) is 4.74 Å². The molecule has 0 bridgehead atoms. The van der Waals surface area contributed by atoms with Crippen LogP contribution in [-0.4, -0.2) is 19.8 Å². The highest BCUT2D eigenvalue weighted by Crippen LogP contribution is 2.34. The lowest BCUT2D eigenvalue weighted by Gasteiger charge is -2.28. The van der Waals surface area contributed by atoms with Crippen molar-refractivity contribution in [3.05, 3.63) is 36.2 Å². The van der Waals surface area contributed by atoms with Crippen LogP contribution in [0.4, 0.5) is 0 Å². The summed E-state index contributed by atoms with van der Waals surface area (Å²) in [6, 6.07) is 5.03. The lowest BCUT2D eigenvalue weighted by atomic mass is 10.2. The molecular formula is C10H11NO3S. The van der Waals surface area contributed by atoms with E-state index in [1.165, 1.54) is 7.05 Å². The molecule has 0 atom stereocenters. The van der Waals surface area contributed by atoms with Gasteiger partial charge >= 0.3 is 0 Å². The summed E-state index contributed by atoms with van der Waals surface area (Å²) < 4.78 is 30.2. The van der Waals surface area contributed by atoms with Crippen LogP contribution in [0.2, 0.25) is 0 Å². The zero-order valence-corrected chi connectivity index (χ0v) is 9.34. The van der Waals surface area contributed by atoms with Crippen LogP contribution in [0.25, 0.3) is 0 Å². The molecule has 0 saturated heterocycles. The van der Waals surface area contributed by atoms with Crippen molar-refractivity contribution < 1.29 is 13.2 Å². The van der Waals surface area contributed by atoms with Crippen LogP contribution in [-0.2, 0) is 10.0 Å². The van der Waals surface area contributed by atoms with E-state index < -0.39 is 10.0 Å². The van der Waals surface area contributed by atoms with E-state index in [9.17, 15) is 8.42 Å². The van der Waals surface area contributed by atoms with Gasteiger partial charge in [0.15, 0.2) is 0 Å². The Balaban J connectivity index is 2.73. The van der Waals surface area contributed by atoms with Gasteiger partial charge in [-0.2, -0.15) is 0 Å². The number of ether oxygens (including phenoxy) is 1. The highest BCUT2D eigenvalue weighted by Gasteiger charge is 2.32. The molecule has 1 aliphatic heterocycles. The van der Waals surface area contributed by atoms with Crippen LogP contribution in [0.5, 0.6) is 5.75 Å². The number of sulfonamides is 1. The first-order chi connectivity index (χ1) is 6.93. The van der Waals surface area contributed by atoms with Crippen molar-refractivity contribution in [3.63, 3.8) is 0 Å². The number of hydrogen-bond donors (Lipinski definition) is 0. The van der Waals surface area contributed by atoms with Gasteiger partial charge in [-0.05, 0) is 31.2 Å². The van der Waals surface area contributed by atoms with Crippen molar-refractivity contribution >= 4 is 10.0 Å². The molecule has 0 radical (unpaired) electrons. The highest BCUT2D eigenvalue weighted by atomic mass is 32.2. The lowest BCUT2D eigenvalue weighted by Crippen LogP contribution is -2.32. The summed E-state index contributed by atoms with van der Waals surface area (Å²) in [5.41, 5.74) is 0.877. The van der Waals surface area contributed by atoms with Crippen LogP contribution in [0.15, 0.2) is 35.6 Å². The molecule has 4 nitrogen and oxygen atoms in total. The third-order valence-electron chi connectivity index (χ3n) is 2.32. The lowest BCUT2D eigenvalue weighted by molar-refractivity contribution is 0.301. The maximum Gasteiger partial charge on any atom is 0.270 e. The fourth-order valence-corrected chi connectivity index (χ4v) is 2.67. The average molecular weight is 225 g/mol. The van der Waals surface area contributed by atoms with Crippen LogP contribution in [0.1, 0.15) is 5.56 Å². The van der Waals surface area contributed by atoms with Gasteiger partial charge in [-0.3, -0.25) is 0 Å². The first kappa shape index (κ1) is 10.0. The third-order valence-corrected chi connectivity index (χ3v) is 4.12. The van der Waals surface area contributed by atoms with Gasteiger partial charge in [0, 0.05) is 7.05 Å². The Morgan fingerprint density at radius 2 is 2.07 bits per heavy atom. The molecule has 1 aromatic rings. The van der Waals surface area contributed by atoms with Gasteiger partial charge in [-0.1, -0.05) is 6.07 Å². The van der Waals surface area contributed by atoms with Gasteiger partial charge in [-0.25, -0.2) is 12.7 Å². The van der Waals surface area contributed by atoms with E-state index in [-0.39, 0.29) is 10.8 Å². The SMILES string of the molecule is C=C1Oc2ccc(C)cc2S(=O)(=O)N1C. The number of aryl methyl sites for hydroxylation is 1. The minimum Gasteiger partial charge on any atom is -0.439 e. The molecule has 0 unspecified atom stereocenters. The number of hydrogen-bond acceptors (Lipinski definition) is 3. The molecule has 80 valence electrons. The second kappa shape index (κ2) is 3.00. The maximum absolute atomic E-state index is 12.0. The Morgan fingerprint density at radius 1 is 1.40 bits per heavy atom. The smallest absolute Gasteiger partial charge is 0.270 e. The van der Waals surface area contributed by atoms with Gasteiger partial charge < -0.3 is 4.74 Å². The normalized spacial score (nSPS) is 18.3. The molecule has 2 rings (SSSR count). The third kappa shape index (κ3) is 1.39. The van der Waals surface area contributed by atoms with Gasteiger partial charge in [-0.15, -0.1) is 0 Å². The van der Waals surface area contributed by atoms with E-state index in [2.05, 4.69) is 6.58 Å². The number of benzene rings is 1. The molecule has 1 heterocycles. The van der Waals surface area contributed by atoms with Crippen molar-refractivity contribution in [1.29, 1.82) is 0 Å². The quantitative estimate of drug-likeness (QED) is 0.672. The maximum atomic E-state index is 12.0. The van der Waals surface area contributed by atoms with E-state index in [1.54, 1.807) is 18.2 Å². The molecule has 0 saturated carbocycles. The topological polar surface area (TPSA) is 46.6 Å². The van der Waals surface area contributed by atoms with E-state index in [1.807, 2.05) is 6.92 Å². The largest absolute Gasteiger partial charge is 0.439 e. The molecule has 5 heteroatoms. The predicted octanol–water partition coefficient (Wildman–Crippen LogP) is 1.48. The van der Waals surface area contributed by atoms with Gasteiger partial charge in [0.1, 0.15) is 10.6 Å². The molecule has 0 aliphatic carbocycles. The summed E-state index contributed by atoms with van der Waals surface area (Å²) in [7, 11) is -2.06. The van der Waals surface area contributed by atoms with Crippen molar-refractivity contribution in [2.45, 2.75) is 11.8 Å². The molecule has 1 aliphatic rings. The molecule has 0 amide bonds. The predicted molar refractivity (Wildman–Crippen MR) is 55.9 cm³/mol. The second-order valence-electron chi connectivity index (χ2n) is 3.42. The van der Waals surface area contributed by atoms with E-state index in [0.29, 0.717) is 5.75 Å². The minimum absolute atomic E-state index is 0.117. The van der Waals surface area contributed by atoms with Crippen molar-refractivity contribution in [1.82, 2.24) is 4.31 Å². The van der Waals surface area contributed by atoms with Crippen molar-refractivity contribution in [2.75, 3.05) is 7.05 Å². The highest BCUT2D eigenvalue weighted by molar-refractivity contribution is 7.89. The summed E-state index contributed by atoms with van der Waals surface area (Å²) in [4.78, 5) is 0.192. The summed E-state index contributed by atoms with van der Waals surface area (Å²) in [5.74, 6) is 0.454. The van der Waals surface area contributed by atoms with Crippen LogP contribution in [0, 0.1) is 6.92 Å². The Kier molecular flexibility index (Phi) is 2.01. The Morgan fingerprint density at radius 3 is 2.73 bits per heavy atom. The molecule has 0 fully saturated rings. The molecule has 0 N–H and O–H groups in total. The standard InChI is InChI=1S/C10H11NO3S/c1-7-4-5-9-10(6-7)15(12,13)11(3)8(2)14-9/h4-6H,2H2,1,3H3. The molecular weight excluding hydrogens is 214 g/mol. The first-order valence-corrected chi connectivity index (χ1v) is 5.83. The Labute approximate surface area is 88.8 Å². The zero-order chi connectivity index (χ0) is 11.2. The average Bonchev–Trinajstić information content (AvgIpc) is 2.17. The molecule has 15 heavy (non-hydrogen) atoms. The van der Waals surface area contributed by atoms with Gasteiger partial charge in [0.25, 0.3) is 10.0 Å². The van der Waals surface area contributed by atoms with Crippen LogP contribution >= 0.6 is 0 Å². The molecule has 0 spiro atoms. The van der Waals surface area contributed by atoms with Crippen molar-refractivity contribution in [2.24, 2.45) is 0 Å². The first-order valence-electron chi connectivity index (χ1n) is 4.39. The van der Waals surface area contributed by atoms with Gasteiger partial charge in [0.2, 0.25) is 5.88 Å². The zero-order valence-electron chi connectivity index (χ0n) is 8.52. The van der Waals surface area contributed by atoms with Crippen LogP contribution in [0.3, 0.4) is 0 Å².